The largest absolute Gasteiger partial charge is 0.504 e. The molecule has 0 radical (unpaired) electrons. The van der Waals surface area contributed by atoms with Gasteiger partial charge in [0.1, 0.15) is 4.21 Å². The van der Waals surface area contributed by atoms with Crippen LogP contribution in [-0.2, 0) is 9.84 Å². The monoisotopic (exact) mass is 328 g/mol. The SMILES string of the molecule is COc1cccc(C(=O)Nc2ncc(S(C)(=O)=O)s2)c1O. The van der Waals surface area contributed by atoms with Gasteiger partial charge in [-0.2, -0.15) is 0 Å². The summed E-state index contributed by atoms with van der Waals surface area (Å²) < 4.78 is 27.6. The third kappa shape index (κ3) is 3.31. The van der Waals surface area contributed by atoms with Crippen LogP contribution < -0.4 is 10.1 Å². The lowest BCUT2D eigenvalue weighted by atomic mass is 10.2. The Kier molecular flexibility index (Phi) is 4.14. The molecule has 2 aromatic rings. The normalized spacial score (nSPS) is 11.1. The summed E-state index contributed by atoms with van der Waals surface area (Å²) in [5.74, 6) is -0.739. The van der Waals surface area contributed by atoms with Crippen LogP contribution in [0.25, 0.3) is 0 Å². The predicted molar refractivity (Wildman–Crippen MR) is 77.8 cm³/mol. The molecule has 0 saturated heterocycles. The number of phenolic OH excluding ortho intramolecular Hbond substituents is 1. The molecule has 112 valence electrons. The van der Waals surface area contributed by atoms with Gasteiger partial charge in [0.15, 0.2) is 26.5 Å². The lowest BCUT2D eigenvalue weighted by Gasteiger charge is -2.07. The maximum atomic E-state index is 12.1. The Morgan fingerprint density at radius 1 is 1.43 bits per heavy atom. The highest BCUT2D eigenvalue weighted by Gasteiger charge is 2.18. The zero-order chi connectivity index (χ0) is 15.6. The number of ether oxygens (including phenoxy) is 1. The van der Waals surface area contributed by atoms with Crippen molar-refractivity contribution < 1.29 is 23.1 Å². The molecule has 2 rings (SSSR count). The summed E-state index contributed by atoms with van der Waals surface area (Å²) in [7, 11) is -1.99. The molecule has 0 spiro atoms. The minimum Gasteiger partial charge on any atom is -0.504 e. The van der Waals surface area contributed by atoms with Gasteiger partial charge in [-0.15, -0.1) is 0 Å². The van der Waals surface area contributed by atoms with Crippen LogP contribution in [-0.4, -0.2) is 37.8 Å². The van der Waals surface area contributed by atoms with Crippen LogP contribution >= 0.6 is 11.3 Å². The number of amides is 1. The maximum Gasteiger partial charge on any atom is 0.261 e. The number of rotatable bonds is 4. The van der Waals surface area contributed by atoms with Crippen LogP contribution in [0.15, 0.2) is 28.6 Å². The van der Waals surface area contributed by atoms with Gasteiger partial charge in [0.05, 0.1) is 18.9 Å². The molecule has 21 heavy (non-hydrogen) atoms. The van der Waals surface area contributed by atoms with Crippen molar-refractivity contribution in [2.75, 3.05) is 18.7 Å². The highest BCUT2D eigenvalue weighted by Crippen LogP contribution is 2.30. The van der Waals surface area contributed by atoms with E-state index >= 15 is 0 Å². The minimum atomic E-state index is -3.37. The molecule has 2 N–H and O–H groups in total. The van der Waals surface area contributed by atoms with Crippen LogP contribution in [0.1, 0.15) is 10.4 Å². The first-order valence-electron chi connectivity index (χ1n) is 5.66. The van der Waals surface area contributed by atoms with E-state index in [4.69, 9.17) is 4.74 Å². The van der Waals surface area contributed by atoms with Crippen LogP contribution in [0.3, 0.4) is 0 Å². The second-order valence-electron chi connectivity index (χ2n) is 4.07. The second kappa shape index (κ2) is 5.70. The van der Waals surface area contributed by atoms with Gasteiger partial charge in [-0.3, -0.25) is 10.1 Å². The lowest BCUT2D eigenvalue weighted by Crippen LogP contribution is -2.12. The van der Waals surface area contributed by atoms with Crippen molar-refractivity contribution in [1.29, 1.82) is 0 Å². The van der Waals surface area contributed by atoms with Crippen molar-refractivity contribution in [3.63, 3.8) is 0 Å². The number of carbonyl (C=O) groups excluding carboxylic acids is 1. The smallest absolute Gasteiger partial charge is 0.261 e. The van der Waals surface area contributed by atoms with E-state index in [0.717, 1.165) is 17.6 Å². The summed E-state index contributed by atoms with van der Waals surface area (Å²) in [5.41, 5.74) is 0.00505. The molecular formula is C12H12N2O5S2. The highest BCUT2D eigenvalue weighted by molar-refractivity contribution is 7.92. The van der Waals surface area contributed by atoms with Crippen molar-refractivity contribution >= 4 is 32.2 Å². The van der Waals surface area contributed by atoms with Gasteiger partial charge in [-0.1, -0.05) is 17.4 Å². The number of aromatic hydroxyl groups is 1. The quantitative estimate of drug-likeness (QED) is 0.881. The average molecular weight is 328 g/mol. The van der Waals surface area contributed by atoms with Crippen molar-refractivity contribution in [1.82, 2.24) is 4.98 Å². The molecule has 0 aliphatic rings. The van der Waals surface area contributed by atoms with Crippen molar-refractivity contribution in [2.45, 2.75) is 4.21 Å². The fraction of sp³-hybridized carbons (Fsp3) is 0.167. The molecule has 0 unspecified atom stereocenters. The number of nitrogens with one attached hydrogen (secondary N) is 1. The topological polar surface area (TPSA) is 106 Å². The minimum absolute atomic E-state index is 0.00505. The van der Waals surface area contributed by atoms with Crippen molar-refractivity contribution in [2.24, 2.45) is 0 Å². The average Bonchev–Trinajstić information content (AvgIpc) is 2.87. The number of thiazole rings is 1. The summed E-state index contributed by atoms with van der Waals surface area (Å²) in [6.45, 7) is 0. The van der Waals surface area contributed by atoms with Gasteiger partial charge in [-0.25, -0.2) is 13.4 Å². The van der Waals surface area contributed by atoms with Crippen LogP contribution in [0.5, 0.6) is 11.5 Å². The molecule has 1 heterocycles. The zero-order valence-corrected chi connectivity index (χ0v) is 12.8. The molecule has 0 bridgehead atoms. The molecule has 0 saturated carbocycles. The van der Waals surface area contributed by atoms with Gasteiger partial charge in [0, 0.05) is 6.26 Å². The molecule has 0 fully saturated rings. The van der Waals surface area contributed by atoms with E-state index in [9.17, 15) is 18.3 Å². The van der Waals surface area contributed by atoms with Crippen molar-refractivity contribution in [3.8, 4) is 11.5 Å². The summed E-state index contributed by atoms with van der Waals surface area (Å²) in [4.78, 5) is 15.9. The number of phenols is 1. The molecule has 9 heteroatoms. The predicted octanol–water partition coefficient (Wildman–Crippen LogP) is 1.51. The van der Waals surface area contributed by atoms with Gasteiger partial charge in [0.25, 0.3) is 5.91 Å². The van der Waals surface area contributed by atoms with Crippen LogP contribution in [0.2, 0.25) is 0 Å². The Balaban J connectivity index is 2.25. The number of nitrogens with zero attached hydrogens (tertiary/aromatic N) is 1. The maximum absolute atomic E-state index is 12.1. The van der Waals surface area contributed by atoms with Gasteiger partial charge in [-0.05, 0) is 12.1 Å². The first kappa shape index (κ1) is 15.3. The molecule has 0 atom stereocenters. The number of anilines is 1. The number of aromatic nitrogens is 1. The molecule has 1 aromatic heterocycles. The Morgan fingerprint density at radius 3 is 2.71 bits per heavy atom. The third-order valence-electron chi connectivity index (χ3n) is 2.53. The summed E-state index contributed by atoms with van der Waals surface area (Å²) in [5, 5.41) is 12.4. The molecule has 1 amide bonds. The number of carbonyl (C=O) groups is 1. The van der Waals surface area contributed by atoms with Crippen LogP contribution in [0, 0.1) is 0 Å². The molecular weight excluding hydrogens is 316 g/mol. The summed E-state index contributed by atoms with van der Waals surface area (Å²) in [6.07, 6.45) is 2.22. The number of methoxy groups -OCH3 is 1. The van der Waals surface area contributed by atoms with Gasteiger partial charge < -0.3 is 9.84 Å². The zero-order valence-electron chi connectivity index (χ0n) is 11.2. The summed E-state index contributed by atoms with van der Waals surface area (Å²) >= 11 is 0.835. The third-order valence-corrected chi connectivity index (χ3v) is 5.24. The number of sulfone groups is 1. The first-order valence-corrected chi connectivity index (χ1v) is 8.37. The second-order valence-corrected chi connectivity index (χ2v) is 7.34. The van der Waals surface area contributed by atoms with E-state index in [0.29, 0.717) is 0 Å². The molecule has 7 nitrogen and oxygen atoms in total. The van der Waals surface area contributed by atoms with E-state index < -0.39 is 15.7 Å². The van der Waals surface area contributed by atoms with E-state index in [2.05, 4.69) is 10.3 Å². The molecule has 0 aliphatic carbocycles. The Hall–Kier alpha value is -2.13. The van der Waals surface area contributed by atoms with E-state index in [1.54, 1.807) is 6.07 Å². The molecule has 0 aliphatic heterocycles. The van der Waals surface area contributed by atoms with E-state index in [-0.39, 0.29) is 26.4 Å². The van der Waals surface area contributed by atoms with Gasteiger partial charge >= 0.3 is 0 Å². The number of hydrogen-bond donors (Lipinski definition) is 2. The van der Waals surface area contributed by atoms with Crippen molar-refractivity contribution in [3.05, 3.63) is 30.0 Å². The van der Waals surface area contributed by atoms with Gasteiger partial charge in [0.2, 0.25) is 0 Å². The van der Waals surface area contributed by atoms with E-state index in [1.165, 1.54) is 25.4 Å². The number of benzene rings is 1. The fourth-order valence-electron chi connectivity index (χ4n) is 1.52. The van der Waals surface area contributed by atoms with E-state index in [1.807, 2.05) is 0 Å². The lowest BCUT2D eigenvalue weighted by molar-refractivity contribution is 0.102. The first-order chi connectivity index (χ1) is 9.82. The Labute approximate surface area is 125 Å². The fourth-order valence-corrected chi connectivity index (χ4v) is 3.15. The summed E-state index contributed by atoms with van der Waals surface area (Å²) in [6, 6.07) is 4.48. The molecule has 1 aromatic carbocycles. The standard InChI is InChI=1S/C12H12N2O5S2/c1-19-8-5-3-4-7(10(8)15)11(16)14-12-13-6-9(20-12)21(2,17)18/h3-6,15H,1-2H3,(H,13,14,16). The number of para-hydroxylation sites is 1. The Bertz CT molecular complexity index is 783. The van der Waals surface area contributed by atoms with Crippen LogP contribution in [0.4, 0.5) is 5.13 Å². The number of hydrogen-bond acceptors (Lipinski definition) is 7. The Morgan fingerprint density at radius 2 is 2.14 bits per heavy atom. The highest BCUT2D eigenvalue weighted by atomic mass is 32.2.